The quantitative estimate of drug-likeness (QED) is 0.0766. The van der Waals surface area contributed by atoms with Crippen molar-refractivity contribution in [1.82, 2.24) is 9.88 Å². The Balaban J connectivity index is 0.000000440. The Morgan fingerprint density at radius 2 is 1.24 bits per heavy atom. The number of nitrogen functional groups attached to an aromatic ring is 2. The summed E-state index contributed by atoms with van der Waals surface area (Å²) in [4.78, 5) is 17.8. The molecule has 16 heteroatoms. The Morgan fingerprint density at radius 3 is 1.72 bits per heavy atom. The van der Waals surface area contributed by atoms with Crippen molar-refractivity contribution < 1.29 is 46.1 Å². The van der Waals surface area contributed by atoms with Crippen LogP contribution in [0.4, 0.5) is 26.3 Å². The molecule has 0 unspecified atom stereocenters. The van der Waals surface area contributed by atoms with Gasteiger partial charge >= 0.3 is 24.3 Å². The van der Waals surface area contributed by atoms with E-state index in [4.69, 9.17) is 42.1 Å². The summed E-state index contributed by atoms with van der Waals surface area (Å²) in [6.07, 6.45) is -8.06. The molecule has 46 heavy (non-hydrogen) atoms. The number of carbonyl (C=O) groups is 2. The van der Waals surface area contributed by atoms with Crippen molar-refractivity contribution in [3.63, 3.8) is 0 Å². The summed E-state index contributed by atoms with van der Waals surface area (Å²) in [6, 6.07) is 23.6. The number of carboxylic acids is 2. The lowest BCUT2D eigenvalue weighted by Crippen LogP contribution is -2.21. The molecule has 0 fully saturated rings. The lowest BCUT2D eigenvalue weighted by molar-refractivity contribution is -0.193. The van der Waals surface area contributed by atoms with Gasteiger partial charge in [0.15, 0.2) is 0 Å². The van der Waals surface area contributed by atoms with Crippen molar-refractivity contribution >= 4 is 40.2 Å². The summed E-state index contributed by atoms with van der Waals surface area (Å²) >= 11 is 0. The van der Waals surface area contributed by atoms with Crippen molar-refractivity contribution in [1.29, 1.82) is 10.8 Å². The third kappa shape index (κ3) is 10.7. The highest BCUT2D eigenvalue weighted by Crippen LogP contribution is 2.27. The van der Waals surface area contributed by atoms with Gasteiger partial charge in [-0.3, -0.25) is 10.8 Å². The maximum atomic E-state index is 10.6. The summed E-state index contributed by atoms with van der Waals surface area (Å²) in [5, 5.41) is 34.1. The number of alkyl halides is 6. The minimum absolute atomic E-state index is 0.0580. The largest absolute Gasteiger partial charge is 0.490 e. The van der Waals surface area contributed by atoms with E-state index >= 15 is 0 Å². The smallest absolute Gasteiger partial charge is 0.475 e. The molecule has 0 radical (unpaired) electrons. The minimum Gasteiger partial charge on any atom is -0.475 e. The lowest BCUT2D eigenvalue weighted by Gasteiger charge is -2.10. The van der Waals surface area contributed by atoms with Gasteiger partial charge in [-0.15, -0.1) is 0 Å². The van der Waals surface area contributed by atoms with Crippen LogP contribution in [0.15, 0.2) is 85.6 Å². The van der Waals surface area contributed by atoms with E-state index in [9.17, 15) is 26.3 Å². The van der Waals surface area contributed by atoms with E-state index < -0.39 is 24.3 Å². The van der Waals surface area contributed by atoms with Gasteiger partial charge < -0.3 is 31.6 Å². The summed E-state index contributed by atoms with van der Waals surface area (Å²) in [5.74, 6) is -5.39. The first-order valence-corrected chi connectivity index (χ1v) is 12.8. The van der Waals surface area contributed by atoms with Gasteiger partial charge in [-0.05, 0) is 29.3 Å². The number of aromatic nitrogens is 1. The minimum atomic E-state index is -5.08. The standard InChI is InChI=1S/C26H26N6.2C2HF3O2/c1-17(31-14-18-6-4-8-20(12-18)25(27)28)23-16-32(24-11-3-2-10-22(23)24)15-19-7-5-9-21(13-19)26(29)30;2*3-2(4,5)1(6)7/h2-13,16,31H,1,14-15H2,(H3,27,28)(H3,29,30);2*(H,6,7). The fourth-order valence-electron chi connectivity index (χ4n) is 3.80. The van der Waals surface area contributed by atoms with Crippen molar-refractivity contribution in [2.24, 2.45) is 11.5 Å². The molecule has 0 aliphatic rings. The van der Waals surface area contributed by atoms with Crippen LogP contribution in [0.5, 0.6) is 0 Å². The molecule has 4 rings (SSSR count). The first kappa shape index (κ1) is 36.4. The second-order valence-electron chi connectivity index (χ2n) is 9.35. The molecular weight excluding hydrogens is 622 g/mol. The van der Waals surface area contributed by atoms with Gasteiger partial charge in [0.1, 0.15) is 11.7 Å². The molecule has 0 spiro atoms. The molecule has 0 saturated heterocycles. The van der Waals surface area contributed by atoms with Crippen LogP contribution >= 0.6 is 0 Å². The molecule has 1 heterocycles. The molecule has 3 aromatic carbocycles. The maximum Gasteiger partial charge on any atom is 0.490 e. The molecule has 0 atom stereocenters. The second-order valence-corrected chi connectivity index (χ2v) is 9.35. The average Bonchev–Trinajstić information content (AvgIpc) is 3.34. The fraction of sp³-hybridized carbons (Fsp3) is 0.133. The van der Waals surface area contributed by atoms with Gasteiger partial charge in [-0.25, -0.2) is 9.59 Å². The average molecular weight is 651 g/mol. The number of nitrogens with zero attached hydrogens (tertiary/aromatic N) is 1. The number of nitrogens with one attached hydrogen (secondary N) is 3. The third-order valence-electron chi connectivity index (χ3n) is 5.93. The molecule has 0 aliphatic heterocycles. The number of nitrogens with two attached hydrogens (primary N) is 2. The van der Waals surface area contributed by atoms with Gasteiger partial charge in [-0.2, -0.15) is 26.3 Å². The Bertz CT molecular complexity index is 1720. The first-order chi connectivity index (χ1) is 21.3. The molecule has 0 bridgehead atoms. The molecule has 0 amide bonds. The highest BCUT2D eigenvalue weighted by atomic mass is 19.4. The van der Waals surface area contributed by atoms with Crippen LogP contribution < -0.4 is 16.8 Å². The van der Waals surface area contributed by atoms with E-state index in [-0.39, 0.29) is 11.7 Å². The van der Waals surface area contributed by atoms with Crippen molar-refractivity contribution in [2.45, 2.75) is 25.4 Å². The van der Waals surface area contributed by atoms with Crippen LogP contribution in [0.3, 0.4) is 0 Å². The molecule has 0 aliphatic carbocycles. The normalized spacial score (nSPS) is 10.9. The third-order valence-corrected chi connectivity index (χ3v) is 5.93. The highest BCUT2D eigenvalue weighted by molar-refractivity contribution is 5.96. The second kappa shape index (κ2) is 15.3. The summed E-state index contributed by atoms with van der Waals surface area (Å²) < 4.78 is 65.7. The zero-order valence-electron chi connectivity index (χ0n) is 23.7. The number of para-hydroxylation sites is 1. The van der Waals surface area contributed by atoms with Crippen molar-refractivity contribution in [3.05, 3.63) is 113 Å². The van der Waals surface area contributed by atoms with E-state index in [0.717, 1.165) is 38.9 Å². The maximum absolute atomic E-state index is 10.6. The van der Waals surface area contributed by atoms with Gasteiger partial charge in [0.2, 0.25) is 0 Å². The fourth-order valence-corrected chi connectivity index (χ4v) is 3.80. The van der Waals surface area contributed by atoms with Gasteiger partial charge in [0.05, 0.1) is 0 Å². The molecule has 1 aromatic heterocycles. The van der Waals surface area contributed by atoms with Crippen LogP contribution in [0.1, 0.15) is 27.8 Å². The Morgan fingerprint density at radius 1 is 0.783 bits per heavy atom. The van der Waals surface area contributed by atoms with Crippen LogP contribution in [0.2, 0.25) is 0 Å². The Hall–Kier alpha value is -5.80. The number of rotatable bonds is 8. The Kier molecular flexibility index (Phi) is 12.1. The first-order valence-electron chi connectivity index (χ1n) is 12.8. The van der Waals surface area contributed by atoms with E-state index in [2.05, 4.69) is 34.8 Å². The predicted octanol–water partition coefficient (Wildman–Crippen LogP) is 5.28. The summed E-state index contributed by atoms with van der Waals surface area (Å²) in [6.45, 7) is 5.52. The number of benzene rings is 3. The molecule has 10 nitrogen and oxygen atoms in total. The van der Waals surface area contributed by atoms with Crippen molar-refractivity contribution in [2.75, 3.05) is 0 Å². The number of hydrogen-bond acceptors (Lipinski definition) is 5. The monoisotopic (exact) mass is 650 g/mol. The number of fused-ring (bicyclic) bond motifs is 1. The van der Waals surface area contributed by atoms with Crippen molar-refractivity contribution in [3.8, 4) is 0 Å². The van der Waals surface area contributed by atoms with Crippen LogP contribution in [-0.4, -0.2) is 50.7 Å². The van der Waals surface area contributed by atoms with E-state index in [1.807, 2.05) is 60.7 Å². The SMILES string of the molecule is C=C(NCc1cccc(C(=N)N)c1)c1cn(Cc2cccc(C(=N)N)c2)c2ccccc12.O=C(O)C(F)(F)F.O=C(O)C(F)(F)F. The predicted molar refractivity (Wildman–Crippen MR) is 159 cm³/mol. The molecule has 9 N–H and O–H groups in total. The molecule has 0 saturated carbocycles. The lowest BCUT2D eigenvalue weighted by atomic mass is 10.1. The zero-order chi connectivity index (χ0) is 34.8. The van der Waals surface area contributed by atoms with Crippen LogP contribution in [0.25, 0.3) is 16.6 Å². The highest BCUT2D eigenvalue weighted by Gasteiger charge is 2.38. The molecule has 244 valence electrons. The number of aliphatic carboxylic acids is 2. The summed E-state index contributed by atoms with van der Waals surface area (Å²) in [7, 11) is 0. The molecule has 4 aromatic rings. The van der Waals surface area contributed by atoms with E-state index in [1.54, 1.807) is 0 Å². The summed E-state index contributed by atoms with van der Waals surface area (Å²) in [5.41, 5.74) is 17.8. The van der Waals surface area contributed by atoms with E-state index in [0.29, 0.717) is 18.7 Å². The van der Waals surface area contributed by atoms with Crippen LogP contribution in [-0.2, 0) is 22.7 Å². The van der Waals surface area contributed by atoms with Gasteiger partial charge in [0, 0.05) is 52.6 Å². The van der Waals surface area contributed by atoms with E-state index in [1.165, 1.54) is 0 Å². The molecular formula is C30H28F6N6O4. The number of carboxylic acid groups (broad SMARTS) is 2. The zero-order valence-corrected chi connectivity index (χ0v) is 23.7. The topological polar surface area (TPSA) is 191 Å². The van der Waals surface area contributed by atoms with Gasteiger partial charge in [-0.1, -0.05) is 61.2 Å². The number of halogens is 6. The number of amidine groups is 2. The number of hydrogen-bond donors (Lipinski definition) is 7. The van der Waals surface area contributed by atoms with Crippen LogP contribution in [0, 0.1) is 10.8 Å². The van der Waals surface area contributed by atoms with Gasteiger partial charge in [0.25, 0.3) is 0 Å². The Labute approximate surface area is 257 Å².